The number of allylic oxidation sites excluding steroid dienone is 2. The number of hydrogen-bond acceptors (Lipinski definition) is 2. The Kier molecular flexibility index (Phi) is 17.0. The zero-order chi connectivity index (χ0) is 38.6. The number of nitrogens with zero attached hydrogens (tertiary/aromatic N) is 3. The average Bonchev–Trinajstić information content (AvgIpc) is 3.29. The Hall–Kier alpha value is -4.29. The molecule has 0 radical (unpaired) electrons. The van der Waals surface area contributed by atoms with E-state index in [0.717, 1.165) is 19.4 Å². The molecule has 0 saturated heterocycles. The summed E-state index contributed by atoms with van der Waals surface area (Å²) in [5, 5.41) is 12.2. The van der Waals surface area contributed by atoms with Crippen LogP contribution >= 0.6 is 25.5 Å². The summed E-state index contributed by atoms with van der Waals surface area (Å²) < 4.78 is 0. The molecular weight excluding hydrogens is 829 g/mol. The van der Waals surface area contributed by atoms with Crippen molar-refractivity contribution in [2.45, 2.75) is 37.8 Å². The van der Waals surface area contributed by atoms with E-state index in [2.05, 4.69) is 197 Å². The van der Waals surface area contributed by atoms with Crippen LogP contribution in [0.15, 0.2) is 204 Å². The maximum absolute atomic E-state index is 5.31. The third-order valence-electron chi connectivity index (χ3n) is 9.86. The molecule has 0 aromatic heterocycles. The molecule has 2 unspecified atom stereocenters. The number of aliphatic imine (C=N–C) groups is 2. The van der Waals surface area contributed by atoms with Crippen LogP contribution in [-0.4, -0.2) is 31.1 Å². The van der Waals surface area contributed by atoms with Crippen molar-refractivity contribution in [2.24, 2.45) is 9.98 Å². The summed E-state index contributed by atoms with van der Waals surface area (Å²) in [6.45, 7) is 0.858. The van der Waals surface area contributed by atoms with Gasteiger partial charge < -0.3 is 5.32 Å². The molecule has 1 saturated carbocycles. The summed E-state index contributed by atoms with van der Waals surface area (Å²) >= 11 is 1.82. The minimum absolute atomic E-state index is 0.173. The standard InChI is InChI=1S/C44H40N2P2.C5H6N.ClH.Ru/c1-5-21-37(22-6-1)47(38-23-7-2-8-24-38)43-31-17-13-19-35(43)33-45-41-29-15-16-30-42(41)46-34-36-20-14-18-32-44(36)48(39-25-9-3-10-26-39)40-27-11-4-12-28-40;1-2-4-6-5-3-1;;/h1-14,17-28,31-34,41-42H,15-16,29-30H2;1-4H,5H2;1H;/q;-1;;+3/p+1. The monoisotopic (exact) mass is 877 g/mol. The van der Waals surface area contributed by atoms with Gasteiger partial charge in [0.05, 0.1) is 27.9 Å². The molecule has 8 rings (SSSR count). The van der Waals surface area contributed by atoms with Crippen molar-refractivity contribution >= 4 is 69.8 Å². The fourth-order valence-corrected chi connectivity index (χ4v) is 12.6. The van der Waals surface area contributed by atoms with Crippen LogP contribution in [0.2, 0.25) is 0 Å². The fraction of sp³-hybridized carbons (Fsp3) is 0.143. The molecule has 0 spiro atoms. The molecule has 2 aliphatic rings. The third-order valence-corrected chi connectivity index (χ3v) is 15.5. The Balaban J connectivity index is 0.000000600. The van der Waals surface area contributed by atoms with Gasteiger partial charge in [0, 0.05) is 23.6 Å². The van der Waals surface area contributed by atoms with Gasteiger partial charge in [-0.15, -0.1) is 12.6 Å². The molecular formula is C49H48ClN3P2Ru+3. The molecule has 6 aromatic rings. The van der Waals surface area contributed by atoms with Crippen molar-refractivity contribution in [3.63, 3.8) is 0 Å². The maximum atomic E-state index is 5.31. The van der Waals surface area contributed by atoms with Crippen molar-refractivity contribution in [3.05, 3.63) is 211 Å². The first-order valence-corrected chi connectivity index (χ1v) is 24.4. The molecule has 1 aliphatic heterocycles. The third kappa shape index (κ3) is 11.6. The molecule has 6 aromatic carbocycles. The van der Waals surface area contributed by atoms with E-state index >= 15 is 0 Å². The van der Waals surface area contributed by atoms with Gasteiger partial charge in [0.25, 0.3) is 0 Å². The summed E-state index contributed by atoms with van der Waals surface area (Å²) in [4.78, 5) is 10.6. The van der Waals surface area contributed by atoms with E-state index in [4.69, 9.17) is 9.98 Å². The molecule has 56 heavy (non-hydrogen) atoms. The molecule has 0 amide bonds. The van der Waals surface area contributed by atoms with Crippen LogP contribution < -0.4 is 31.8 Å². The van der Waals surface area contributed by atoms with E-state index in [-0.39, 0.29) is 12.1 Å². The zero-order valence-electron chi connectivity index (χ0n) is 31.4. The van der Waals surface area contributed by atoms with Crippen LogP contribution in [0.1, 0.15) is 36.8 Å². The molecule has 0 bridgehead atoms. The van der Waals surface area contributed by atoms with Gasteiger partial charge in [0.1, 0.15) is 31.8 Å². The number of hydrogen-bond donors (Lipinski definition) is 0. The Morgan fingerprint density at radius 3 is 1.14 bits per heavy atom. The first-order chi connectivity index (χ1) is 27.8. The molecule has 2 atom stereocenters. The van der Waals surface area contributed by atoms with E-state index in [1.165, 1.54) is 55.8 Å². The van der Waals surface area contributed by atoms with Crippen molar-refractivity contribution in [1.29, 1.82) is 0 Å². The van der Waals surface area contributed by atoms with Crippen molar-refractivity contribution in [2.75, 3.05) is 6.54 Å². The Bertz CT molecular complexity index is 1930. The summed E-state index contributed by atoms with van der Waals surface area (Å²) in [5.74, 6) is 0. The van der Waals surface area contributed by atoms with Gasteiger partial charge in [-0.05, 0) is 85.6 Å². The predicted octanol–water partition coefficient (Wildman–Crippen LogP) is 9.65. The molecule has 7 heteroatoms. The van der Waals surface area contributed by atoms with Gasteiger partial charge in [-0.25, -0.2) is 0 Å². The molecule has 1 aliphatic carbocycles. The van der Waals surface area contributed by atoms with Gasteiger partial charge in [0.2, 0.25) is 0 Å². The van der Waals surface area contributed by atoms with Crippen LogP contribution in [0, 0.1) is 0 Å². The Labute approximate surface area is 350 Å². The van der Waals surface area contributed by atoms with Crippen LogP contribution in [0.3, 0.4) is 0 Å². The van der Waals surface area contributed by atoms with Crippen LogP contribution in [0.25, 0.3) is 5.32 Å². The Morgan fingerprint density at radius 2 is 0.839 bits per heavy atom. The number of benzene rings is 6. The van der Waals surface area contributed by atoms with E-state index in [0.29, 0.717) is 0 Å². The first kappa shape index (κ1) is 41.4. The van der Waals surface area contributed by atoms with E-state index < -0.39 is 15.8 Å². The first-order valence-electron chi connectivity index (χ1n) is 19.2. The van der Waals surface area contributed by atoms with Crippen molar-refractivity contribution in [1.82, 2.24) is 0 Å². The SMILES string of the molecule is C(=NC1CCCCC1N=Cc1ccccc1[PH+](c1ccccc1)c1ccccc1)c1ccccc1[PH+](c1ccccc1)c1ccccc1.C1=CC[N-]C=C1.[Cl][Ru+2]. The molecule has 281 valence electrons. The quantitative estimate of drug-likeness (QED) is 0.0748. The number of halogens is 1. The van der Waals surface area contributed by atoms with Crippen molar-refractivity contribution in [3.8, 4) is 0 Å². The molecule has 1 heterocycles. The normalized spacial score (nSPS) is 16.2. The van der Waals surface area contributed by atoms with Crippen molar-refractivity contribution < 1.29 is 17.3 Å². The van der Waals surface area contributed by atoms with Gasteiger partial charge in [-0.1, -0.05) is 122 Å². The molecule has 0 N–H and O–H groups in total. The van der Waals surface area contributed by atoms with Gasteiger partial charge in [0.15, 0.2) is 0 Å². The minimum atomic E-state index is -1.19. The van der Waals surface area contributed by atoms with Gasteiger partial charge in [-0.2, -0.15) is 6.20 Å². The summed E-state index contributed by atoms with van der Waals surface area (Å²) in [6, 6.07) is 62.0. The zero-order valence-corrected chi connectivity index (χ0v) is 35.9. The second-order valence-electron chi connectivity index (χ2n) is 13.5. The number of rotatable bonds is 10. The van der Waals surface area contributed by atoms with Gasteiger partial charge in [-0.3, -0.25) is 9.98 Å². The van der Waals surface area contributed by atoms with E-state index in [1.807, 2.05) is 35.5 Å². The average molecular weight is 877 g/mol. The fourth-order valence-electron chi connectivity index (χ4n) is 7.21. The second-order valence-corrected chi connectivity index (χ2v) is 18.4. The second kappa shape index (κ2) is 23.1. The Morgan fingerprint density at radius 1 is 0.482 bits per heavy atom. The molecule has 1 fully saturated rings. The summed E-state index contributed by atoms with van der Waals surface area (Å²) in [5.41, 5.74) is 2.44. The predicted molar refractivity (Wildman–Crippen MR) is 247 cm³/mol. The van der Waals surface area contributed by atoms with Crippen LogP contribution in [0.5, 0.6) is 0 Å². The summed E-state index contributed by atoms with van der Waals surface area (Å²) in [6.07, 6.45) is 16.6. The van der Waals surface area contributed by atoms with Gasteiger partial charge >= 0.3 is 27.0 Å². The van der Waals surface area contributed by atoms with Crippen LogP contribution in [0.4, 0.5) is 0 Å². The van der Waals surface area contributed by atoms with E-state index in [1.54, 1.807) is 6.20 Å². The van der Waals surface area contributed by atoms with Crippen LogP contribution in [-0.2, 0) is 17.3 Å². The topological polar surface area (TPSA) is 38.8 Å². The summed E-state index contributed by atoms with van der Waals surface area (Å²) in [7, 11) is 2.18. The van der Waals surface area contributed by atoms with E-state index in [9.17, 15) is 0 Å². The molecule has 3 nitrogen and oxygen atoms in total.